The van der Waals surface area contributed by atoms with Gasteiger partial charge in [0.15, 0.2) is 0 Å². The lowest BCUT2D eigenvalue weighted by Crippen LogP contribution is -2.21. The highest BCUT2D eigenvalue weighted by molar-refractivity contribution is 5.91. The minimum absolute atomic E-state index is 0.00902. The van der Waals surface area contributed by atoms with Crippen LogP contribution in [0.5, 0.6) is 5.75 Å². The molecular weight excluding hydrogens is 260 g/mol. The Morgan fingerprint density at radius 3 is 2.55 bits per heavy atom. The van der Waals surface area contributed by atoms with Crippen molar-refractivity contribution in [2.45, 2.75) is 12.8 Å². The number of ether oxygens (including phenoxy) is 2. The number of anilines is 1. The maximum absolute atomic E-state index is 11.8. The number of carbonyl (C=O) groups is 2. The molecular formula is C14H20N2O4. The van der Waals surface area contributed by atoms with Crippen LogP contribution in [0.15, 0.2) is 18.2 Å². The maximum Gasteiger partial charge on any atom is 0.338 e. The van der Waals surface area contributed by atoms with Crippen molar-refractivity contribution in [3.05, 3.63) is 23.8 Å². The predicted molar refractivity (Wildman–Crippen MR) is 75.6 cm³/mol. The van der Waals surface area contributed by atoms with Gasteiger partial charge in [0, 0.05) is 20.5 Å². The van der Waals surface area contributed by atoms with Crippen LogP contribution in [0.1, 0.15) is 23.2 Å². The molecule has 0 spiro atoms. The summed E-state index contributed by atoms with van der Waals surface area (Å²) in [5.41, 5.74) is 6.46. The summed E-state index contributed by atoms with van der Waals surface area (Å²) in [5, 5.41) is 0. The van der Waals surface area contributed by atoms with Crippen molar-refractivity contribution in [2.75, 3.05) is 33.5 Å². The van der Waals surface area contributed by atoms with Crippen molar-refractivity contribution in [3.8, 4) is 5.75 Å². The number of rotatable bonds is 6. The molecule has 0 aliphatic carbocycles. The predicted octanol–water partition coefficient (Wildman–Crippen LogP) is 1.30. The van der Waals surface area contributed by atoms with E-state index in [1.165, 1.54) is 18.1 Å². The Hall–Kier alpha value is -2.24. The van der Waals surface area contributed by atoms with Gasteiger partial charge in [-0.05, 0) is 24.6 Å². The first-order valence-electron chi connectivity index (χ1n) is 6.26. The normalized spacial score (nSPS) is 9.95. The summed E-state index contributed by atoms with van der Waals surface area (Å²) in [6.45, 7) is 0.199. The first-order chi connectivity index (χ1) is 9.45. The van der Waals surface area contributed by atoms with Gasteiger partial charge in [0.1, 0.15) is 5.75 Å². The third-order valence-electron chi connectivity index (χ3n) is 2.73. The SMILES string of the molecule is COc1ccc(C(=O)OCCCC(=O)N(C)C)cc1N. The second kappa shape index (κ2) is 7.37. The largest absolute Gasteiger partial charge is 0.495 e. The number of benzene rings is 1. The van der Waals surface area contributed by atoms with E-state index in [0.717, 1.165) is 0 Å². The number of esters is 1. The average molecular weight is 280 g/mol. The summed E-state index contributed by atoms with van der Waals surface area (Å²) in [7, 11) is 4.88. The first-order valence-corrected chi connectivity index (χ1v) is 6.26. The molecule has 1 amide bonds. The number of nitrogen functional groups attached to an aromatic ring is 1. The zero-order valence-electron chi connectivity index (χ0n) is 12.0. The van der Waals surface area contributed by atoms with Gasteiger partial charge in [-0.15, -0.1) is 0 Å². The molecule has 0 aliphatic heterocycles. The Labute approximate surface area is 118 Å². The molecule has 0 saturated carbocycles. The van der Waals surface area contributed by atoms with E-state index in [-0.39, 0.29) is 12.5 Å². The highest BCUT2D eigenvalue weighted by atomic mass is 16.5. The average Bonchev–Trinajstić information content (AvgIpc) is 2.42. The van der Waals surface area contributed by atoms with Gasteiger partial charge in [0.25, 0.3) is 0 Å². The van der Waals surface area contributed by atoms with Gasteiger partial charge in [-0.25, -0.2) is 4.79 Å². The zero-order chi connectivity index (χ0) is 15.1. The van der Waals surface area contributed by atoms with E-state index < -0.39 is 5.97 Å². The van der Waals surface area contributed by atoms with Gasteiger partial charge >= 0.3 is 5.97 Å². The van der Waals surface area contributed by atoms with Gasteiger partial charge in [-0.2, -0.15) is 0 Å². The number of nitrogens with two attached hydrogens (primary N) is 1. The third kappa shape index (κ3) is 4.46. The monoisotopic (exact) mass is 280 g/mol. The van der Waals surface area contributed by atoms with E-state index >= 15 is 0 Å². The molecule has 110 valence electrons. The topological polar surface area (TPSA) is 81.9 Å². The molecule has 1 aromatic carbocycles. The Balaban J connectivity index is 2.43. The molecule has 2 N–H and O–H groups in total. The van der Waals surface area contributed by atoms with Gasteiger partial charge in [0.2, 0.25) is 5.91 Å². The summed E-state index contributed by atoms with van der Waals surface area (Å²) < 4.78 is 10.1. The number of amides is 1. The Morgan fingerprint density at radius 1 is 1.30 bits per heavy atom. The van der Waals surface area contributed by atoms with Crippen LogP contribution in [-0.4, -0.2) is 44.6 Å². The molecule has 0 bridgehead atoms. The van der Waals surface area contributed by atoms with Gasteiger partial charge in [-0.1, -0.05) is 0 Å². The Morgan fingerprint density at radius 2 is 2.00 bits per heavy atom. The van der Waals surface area contributed by atoms with Crippen molar-refractivity contribution in [2.24, 2.45) is 0 Å². The molecule has 0 unspecified atom stereocenters. The molecule has 0 radical (unpaired) electrons. The molecule has 0 aliphatic rings. The smallest absolute Gasteiger partial charge is 0.338 e. The summed E-state index contributed by atoms with van der Waals surface area (Å²) >= 11 is 0. The quantitative estimate of drug-likeness (QED) is 0.482. The van der Waals surface area contributed by atoms with Crippen molar-refractivity contribution >= 4 is 17.6 Å². The highest BCUT2D eigenvalue weighted by Gasteiger charge is 2.10. The van der Waals surface area contributed by atoms with E-state index in [1.54, 1.807) is 26.2 Å². The second-order valence-corrected chi connectivity index (χ2v) is 4.48. The fraction of sp³-hybridized carbons (Fsp3) is 0.429. The summed E-state index contributed by atoms with van der Waals surface area (Å²) in [4.78, 5) is 24.6. The molecule has 6 heteroatoms. The number of hydrogen-bond donors (Lipinski definition) is 1. The Kier molecular flexibility index (Phi) is 5.83. The fourth-order valence-corrected chi connectivity index (χ4v) is 1.56. The van der Waals surface area contributed by atoms with Crippen LogP contribution in [0, 0.1) is 0 Å². The lowest BCUT2D eigenvalue weighted by Gasteiger charge is -2.10. The summed E-state index contributed by atoms with van der Waals surface area (Å²) in [6, 6.07) is 4.70. The van der Waals surface area contributed by atoms with E-state index in [2.05, 4.69) is 0 Å². The van der Waals surface area contributed by atoms with Crippen molar-refractivity contribution in [3.63, 3.8) is 0 Å². The van der Waals surface area contributed by atoms with Gasteiger partial charge in [0.05, 0.1) is 25.0 Å². The molecule has 0 atom stereocenters. The van der Waals surface area contributed by atoms with Crippen LogP contribution >= 0.6 is 0 Å². The lowest BCUT2D eigenvalue weighted by atomic mass is 10.2. The fourth-order valence-electron chi connectivity index (χ4n) is 1.56. The second-order valence-electron chi connectivity index (χ2n) is 4.48. The van der Waals surface area contributed by atoms with E-state index in [4.69, 9.17) is 15.2 Å². The van der Waals surface area contributed by atoms with Gasteiger partial charge < -0.3 is 20.1 Å². The molecule has 0 fully saturated rings. The lowest BCUT2D eigenvalue weighted by molar-refractivity contribution is -0.128. The van der Waals surface area contributed by atoms with Crippen LogP contribution in [0.3, 0.4) is 0 Å². The highest BCUT2D eigenvalue weighted by Crippen LogP contribution is 2.22. The van der Waals surface area contributed by atoms with E-state index in [9.17, 15) is 9.59 Å². The minimum Gasteiger partial charge on any atom is -0.495 e. The zero-order valence-corrected chi connectivity index (χ0v) is 12.0. The Bertz CT molecular complexity index is 486. The molecule has 6 nitrogen and oxygen atoms in total. The van der Waals surface area contributed by atoms with Gasteiger partial charge in [-0.3, -0.25) is 4.79 Å². The van der Waals surface area contributed by atoms with Crippen molar-refractivity contribution in [1.82, 2.24) is 4.90 Å². The minimum atomic E-state index is -0.461. The third-order valence-corrected chi connectivity index (χ3v) is 2.73. The molecule has 1 rings (SSSR count). The number of methoxy groups -OCH3 is 1. The molecule has 0 saturated heterocycles. The number of hydrogen-bond acceptors (Lipinski definition) is 5. The summed E-state index contributed by atoms with van der Waals surface area (Å²) in [5.74, 6) is 0.0597. The summed E-state index contributed by atoms with van der Waals surface area (Å²) in [6.07, 6.45) is 0.847. The first kappa shape index (κ1) is 15.8. The van der Waals surface area contributed by atoms with Crippen LogP contribution < -0.4 is 10.5 Å². The molecule has 1 aromatic rings. The van der Waals surface area contributed by atoms with Crippen LogP contribution in [-0.2, 0) is 9.53 Å². The number of carbonyl (C=O) groups excluding carboxylic acids is 2. The standard InChI is InChI=1S/C14H20N2O4/c1-16(2)13(17)5-4-8-20-14(18)10-6-7-12(19-3)11(15)9-10/h6-7,9H,4-5,8,15H2,1-3H3. The maximum atomic E-state index is 11.8. The number of nitrogens with zero attached hydrogens (tertiary/aromatic N) is 1. The van der Waals surface area contributed by atoms with Crippen LogP contribution in [0.2, 0.25) is 0 Å². The van der Waals surface area contributed by atoms with Crippen LogP contribution in [0.25, 0.3) is 0 Å². The van der Waals surface area contributed by atoms with E-state index in [0.29, 0.717) is 29.8 Å². The van der Waals surface area contributed by atoms with E-state index in [1.807, 2.05) is 0 Å². The van der Waals surface area contributed by atoms with Crippen molar-refractivity contribution in [1.29, 1.82) is 0 Å². The van der Waals surface area contributed by atoms with Crippen LogP contribution in [0.4, 0.5) is 5.69 Å². The molecule has 0 aromatic heterocycles. The van der Waals surface area contributed by atoms with Crippen molar-refractivity contribution < 1.29 is 19.1 Å². The molecule has 20 heavy (non-hydrogen) atoms. The molecule has 0 heterocycles.